The predicted molar refractivity (Wildman–Crippen MR) is 136 cm³/mol. The van der Waals surface area contributed by atoms with Crippen LogP contribution in [0, 0.1) is 0 Å². The summed E-state index contributed by atoms with van der Waals surface area (Å²) in [7, 11) is 0. The molecule has 0 radical (unpaired) electrons. The molecule has 2 heterocycles. The molecule has 0 fully saturated rings. The van der Waals surface area contributed by atoms with Gasteiger partial charge in [-0.3, -0.25) is 9.59 Å². The maximum absolute atomic E-state index is 12.7. The van der Waals surface area contributed by atoms with Gasteiger partial charge in [-0.05, 0) is 59.7 Å². The first-order valence-corrected chi connectivity index (χ1v) is 11.5. The van der Waals surface area contributed by atoms with Gasteiger partial charge < -0.3 is 10.6 Å². The highest BCUT2D eigenvalue weighted by molar-refractivity contribution is 5.97. The fourth-order valence-corrected chi connectivity index (χ4v) is 3.92. The van der Waals surface area contributed by atoms with Gasteiger partial charge in [0, 0.05) is 49.0 Å². The number of hydrogen-bond acceptors (Lipinski definition) is 4. The number of nitrogens with one attached hydrogen (secondary N) is 2. The molecule has 0 atom stereocenters. The van der Waals surface area contributed by atoms with Crippen LogP contribution in [0.2, 0.25) is 0 Å². The van der Waals surface area contributed by atoms with Gasteiger partial charge >= 0.3 is 0 Å². The Labute approximate surface area is 208 Å². The van der Waals surface area contributed by atoms with Gasteiger partial charge in [-0.15, -0.1) is 0 Å². The van der Waals surface area contributed by atoms with Gasteiger partial charge in [0.15, 0.2) is 0 Å². The number of carbonyl (C=O) groups excluding carboxylic acids is 2. The summed E-state index contributed by atoms with van der Waals surface area (Å²) >= 11 is 0. The van der Waals surface area contributed by atoms with Crippen molar-refractivity contribution in [1.82, 2.24) is 30.2 Å². The third-order valence-electron chi connectivity index (χ3n) is 5.77. The summed E-state index contributed by atoms with van der Waals surface area (Å²) in [6.07, 6.45) is 7.15. The maximum Gasteiger partial charge on any atom is 0.251 e. The maximum atomic E-state index is 12.7. The molecule has 0 saturated heterocycles. The van der Waals surface area contributed by atoms with E-state index < -0.39 is 0 Å². The second kappa shape index (κ2) is 10.5. The van der Waals surface area contributed by atoms with E-state index in [9.17, 15) is 9.59 Å². The lowest BCUT2D eigenvalue weighted by atomic mass is 10.1. The molecule has 8 heteroatoms. The lowest BCUT2D eigenvalue weighted by molar-refractivity contribution is 0.0939. The van der Waals surface area contributed by atoms with Crippen LogP contribution in [0.3, 0.4) is 0 Å². The van der Waals surface area contributed by atoms with Gasteiger partial charge in [-0.1, -0.05) is 36.4 Å². The number of benzene rings is 3. The lowest BCUT2D eigenvalue weighted by Crippen LogP contribution is -2.25. The standard InChI is InChI=1S/C28H24N6O2/c35-27(29-19-23-7-1-3-9-25(23)33-17-5-15-31-33)21-11-13-22(14-12-21)28(36)30-20-24-8-2-4-10-26(24)34-18-6-16-32-34/h1-18H,19-20H2,(H,29,35)(H,30,36). The molecule has 0 bridgehead atoms. The average molecular weight is 477 g/mol. The molecule has 178 valence electrons. The van der Waals surface area contributed by atoms with Gasteiger partial charge in [0.25, 0.3) is 11.8 Å². The second-order valence-electron chi connectivity index (χ2n) is 8.10. The minimum atomic E-state index is -0.217. The van der Waals surface area contributed by atoms with Crippen LogP contribution in [0.1, 0.15) is 31.8 Å². The van der Waals surface area contributed by atoms with E-state index in [-0.39, 0.29) is 11.8 Å². The Hall–Kier alpha value is -4.98. The minimum Gasteiger partial charge on any atom is -0.348 e. The minimum absolute atomic E-state index is 0.217. The number of amides is 2. The van der Waals surface area contributed by atoms with Crippen molar-refractivity contribution in [3.8, 4) is 11.4 Å². The summed E-state index contributed by atoms with van der Waals surface area (Å²) in [5, 5.41) is 14.4. The fourth-order valence-electron chi connectivity index (χ4n) is 3.92. The number of para-hydroxylation sites is 2. The highest BCUT2D eigenvalue weighted by Gasteiger charge is 2.12. The van der Waals surface area contributed by atoms with Crippen molar-refractivity contribution in [1.29, 1.82) is 0 Å². The van der Waals surface area contributed by atoms with Gasteiger partial charge in [-0.25, -0.2) is 9.36 Å². The molecule has 36 heavy (non-hydrogen) atoms. The lowest BCUT2D eigenvalue weighted by Gasteiger charge is -2.12. The highest BCUT2D eigenvalue weighted by atomic mass is 16.2. The number of hydrogen-bond donors (Lipinski definition) is 2. The van der Waals surface area contributed by atoms with E-state index in [1.54, 1.807) is 46.0 Å². The number of carbonyl (C=O) groups is 2. The SMILES string of the molecule is O=C(NCc1ccccc1-n1cccn1)c1ccc(C(=O)NCc2ccccc2-n2cccn2)cc1. The van der Waals surface area contributed by atoms with Crippen LogP contribution in [0.4, 0.5) is 0 Å². The van der Waals surface area contributed by atoms with E-state index >= 15 is 0 Å². The van der Waals surface area contributed by atoms with Crippen LogP contribution in [-0.2, 0) is 13.1 Å². The Kier molecular flexibility index (Phi) is 6.66. The highest BCUT2D eigenvalue weighted by Crippen LogP contribution is 2.15. The number of rotatable bonds is 8. The molecule has 0 aliphatic rings. The van der Waals surface area contributed by atoms with Gasteiger partial charge in [0.1, 0.15) is 0 Å². The second-order valence-corrected chi connectivity index (χ2v) is 8.10. The summed E-state index contributed by atoms with van der Waals surface area (Å²) < 4.78 is 3.53. The van der Waals surface area contributed by atoms with Crippen molar-refractivity contribution in [2.45, 2.75) is 13.1 Å². The fraction of sp³-hybridized carbons (Fsp3) is 0.0714. The Balaban J connectivity index is 1.20. The van der Waals surface area contributed by atoms with Gasteiger partial charge in [-0.2, -0.15) is 10.2 Å². The Morgan fingerprint density at radius 3 is 1.39 bits per heavy atom. The zero-order valence-corrected chi connectivity index (χ0v) is 19.4. The number of nitrogens with zero attached hydrogens (tertiary/aromatic N) is 4. The topological polar surface area (TPSA) is 93.8 Å². The number of aromatic nitrogens is 4. The summed E-state index contributed by atoms with van der Waals surface area (Å²) in [5.41, 5.74) is 4.66. The van der Waals surface area contributed by atoms with E-state index in [2.05, 4.69) is 20.8 Å². The molecule has 5 rings (SSSR count). The molecule has 2 aromatic heterocycles. The molecule has 0 saturated carbocycles. The Morgan fingerprint density at radius 2 is 1.00 bits per heavy atom. The Bertz CT molecular complexity index is 1350. The Morgan fingerprint density at radius 1 is 0.583 bits per heavy atom. The van der Waals surface area contributed by atoms with Crippen molar-refractivity contribution in [3.05, 3.63) is 132 Å². The van der Waals surface area contributed by atoms with E-state index in [1.165, 1.54) is 0 Å². The zero-order valence-electron chi connectivity index (χ0n) is 19.4. The van der Waals surface area contributed by atoms with Crippen LogP contribution in [-0.4, -0.2) is 31.4 Å². The monoisotopic (exact) mass is 476 g/mol. The molecule has 3 aromatic carbocycles. The van der Waals surface area contributed by atoms with Crippen molar-refractivity contribution in [2.75, 3.05) is 0 Å². The summed E-state index contributed by atoms with van der Waals surface area (Å²) in [5.74, 6) is -0.434. The molecular weight excluding hydrogens is 452 g/mol. The van der Waals surface area contributed by atoms with Crippen LogP contribution in [0.25, 0.3) is 11.4 Å². The molecule has 5 aromatic rings. The molecule has 8 nitrogen and oxygen atoms in total. The summed E-state index contributed by atoms with van der Waals surface area (Å²) in [6.45, 7) is 0.708. The third kappa shape index (κ3) is 5.07. The largest absolute Gasteiger partial charge is 0.348 e. The zero-order chi connectivity index (χ0) is 24.7. The molecular formula is C28H24N6O2. The van der Waals surface area contributed by atoms with E-state index in [0.29, 0.717) is 24.2 Å². The first-order chi connectivity index (χ1) is 17.7. The quantitative estimate of drug-likeness (QED) is 0.355. The van der Waals surface area contributed by atoms with Gasteiger partial charge in [0.05, 0.1) is 11.4 Å². The molecule has 0 aliphatic heterocycles. The third-order valence-corrected chi connectivity index (χ3v) is 5.77. The van der Waals surface area contributed by atoms with E-state index in [1.807, 2.05) is 73.1 Å². The van der Waals surface area contributed by atoms with Crippen LogP contribution in [0.15, 0.2) is 110 Å². The van der Waals surface area contributed by atoms with E-state index in [0.717, 1.165) is 22.5 Å². The smallest absolute Gasteiger partial charge is 0.251 e. The molecule has 0 unspecified atom stereocenters. The average Bonchev–Trinajstić information content (AvgIpc) is 3.66. The molecule has 0 spiro atoms. The van der Waals surface area contributed by atoms with Crippen LogP contribution in [0.5, 0.6) is 0 Å². The van der Waals surface area contributed by atoms with Crippen LogP contribution < -0.4 is 10.6 Å². The van der Waals surface area contributed by atoms with Crippen molar-refractivity contribution < 1.29 is 9.59 Å². The van der Waals surface area contributed by atoms with Crippen molar-refractivity contribution in [3.63, 3.8) is 0 Å². The molecule has 2 amide bonds. The first-order valence-electron chi connectivity index (χ1n) is 11.5. The molecule has 0 aliphatic carbocycles. The van der Waals surface area contributed by atoms with Crippen molar-refractivity contribution >= 4 is 11.8 Å². The summed E-state index contributed by atoms with van der Waals surface area (Å²) in [6, 6.07) is 25.9. The first kappa shape index (κ1) is 22.8. The normalized spacial score (nSPS) is 10.7. The molecule has 2 N–H and O–H groups in total. The van der Waals surface area contributed by atoms with Crippen LogP contribution >= 0.6 is 0 Å². The summed E-state index contributed by atoms with van der Waals surface area (Å²) in [4.78, 5) is 25.4. The van der Waals surface area contributed by atoms with Gasteiger partial charge in [0.2, 0.25) is 0 Å². The van der Waals surface area contributed by atoms with Crippen molar-refractivity contribution in [2.24, 2.45) is 0 Å². The predicted octanol–water partition coefficient (Wildman–Crippen LogP) is 3.92. The van der Waals surface area contributed by atoms with E-state index in [4.69, 9.17) is 0 Å².